The van der Waals surface area contributed by atoms with Gasteiger partial charge in [-0.3, -0.25) is 4.99 Å². The lowest BCUT2D eigenvalue weighted by atomic mass is 9.83. The lowest BCUT2D eigenvalue weighted by Crippen LogP contribution is -2.43. The Morgan fingerprint density at radius 3 is 2.76 bits per heavy atom. The van der Waals surface area contributed by atoms with Gasteiger partial charge < -0.3 is 15.4 Å². The van der Waals surface area contributed by atoms with E-state index < -0.39 is 0 Å². The van der Waals surface area contributed by atoms with E-state index in [9.17, 15) is 0 Å². The number of nitrogens with zero attached hydrogens (tertiary/aromatic N) is 2. The van der Waals surface area contributed by atoms with Crippen LogP contribution in [0.2, 0.25) is 0 Å². The third-order valence-electron chi connectivity index (χ3n) is 5.13. The van der Waals surface area contributed by atoms with E-state index in [1.807, 2.05) is 7.05 Å². The molecule has 6 heteroatoms. The molecule has 25 heavy (non-hydrogen) atoms. The van der Waals surface area contributed by atoms with E-state index >= 15 is 0 Å². The molecule has 0 atom stereocenters. The third-order valence-corrected chi connectivity index (χ3v) is 6.16. The highest BCUT2D eigenvalue weighted by Crippen LogP contribution is 2.40. The molecule has 0 unspecified atom stereocenters. The Bertz CT molecular complexity index is 523. The topological polar surface area (TPSA) is 58.5 Å². The molecular formula is C19H34N4OS. The Balaban J connectivity index is 1.64. The minimum atomic E-state index is 0.385. The molecule has 0 saturated heterocycles. The first kappa shape index (κ1) is 20.2. The van der Waals surface area contributed by atoms with E-state index in [0.29, 0.717) is 5.41 Å². The van der Waals surface area contributed by atoms with Gasteiger partial charge in [-0.1, -0.05) is 12.8 Å². The molecule has 0 spiro atoms. The molecule has 1 aromatic heterocycles. The maximum atomic E-state index is 5.31. The summed E-state index contributed by atoms with van der Waals surface area (Å²) in [5, 5.41) is 10.4. The quantitative estimate of drug-likeness (QED) is 0.378. The van der Waals surface area contributed by atoms with E-state index in [-0.39, 0.29) is 0 Å². The second-order valence-electron chi connectivity index (χ2n) is 7.14. The molecule has 2 rings (SSSR count). The van der Waals surface area contributed by atoms with Crippen molar-refractivity contribution in [3.05, 3.63) is 16.1 Å². The molecule has 2 N–H and O–H groups in total. The molecule has 1 aromatic rings. The standard InChI is InChI=1S/C19H34N4OS/c1-16-14-25-17(23-16)8-4-7-12-21-18(20-2)22-15-19(11-13-24-3)9-5-6-10-19/h14H,4-13,15H2,1-3H3,(H2,20,21,22). The van der Waals surface area contributed by atoms with Crippen molar-refractivity contribution in [1.82, 2.24) is 15.6 Å². The highest BCUT2D eigenvalue weighted by Gasteiger charge is 2.33. The smallest absolute Gasteiger partial charge is 0.190 e. The number of hydrogen-bond acceptors (Lipinski definition) is 4. The first-order valence-corrected chi connectivity index (χ1v) is 10.4. The van der Waals surface area contributed by atoms with Crippen molar-refractivity contribution in [2.75, 3.05) is 33.9 Å². The zero-order valence-electron chi connectivity index (χ0n) is 16.1. The lowest BCUT2D eigenvalue weighted by molar-refractivity contribution is 0.138. The van der Waals surface area contributed by atoms with Gasteiger partial charge in [-0.25, -0.2) is 4.98 Å². The molecular weight excluding hydrogens is 332 g/mol. The third kappa shape index (κ3) is 6.94. The van der Waals surface area contributed by atoms with Crippen molar-refractivity contribution in [3.63, 3.8) is 0 Å². The summed E-state index contributed by atoms with van der Waals surface area (Å²) in [6, 6.07) is 0. The van der Waals surface area contributed by atoms with Gasteiger partial charge in [0.15, 0.2) is 5.96 Å². The second kappa shape index (κ2) is 10.8. The predicted octanol–water partition coefficient (Wildman–Crippen LogP) is 3.54. The Kier molecular flexibility index (Phi) is 8.68. The monoisotopic (exact) mass is 366 g/mol. The molecule has 0 bridgehead atoms. The van der Waals surface area contributed by atoms with Gasteiger partial charge in [-0.05, 0) is 50.9 Å². The highest BCUT2D eigenvalue weighted by atomic mass is 32.1. The van der Waals surface area contributed by atoms with Crippen LogP contribution in [0, 0.1) is 12.3 Å². The number of ether oxygens (including phenoxy) is 1. The fourth-order valence-electron chi connectivity index (χ4n) is 3.58. The summed E-state index contributed by atoms with van der Waals surface area (Å²) in [4.78, 5) is 8.89. The molecule has 0 amide bonds. The molecule has 0 radical (unpaired) electrons. The van der Waals surface area contributed by atoms with Crippen LogP contribution in [0.25, 0.3) is 0 Å². The number of nitrogens with one attached hydrogen (secondary N) is 2. The molecule has 1 aliphatic rings. The number of guanidine groups is 1. The first-order chi connectivity index (χ1) is 12.2. The van der Waals surface area contributed by atoms with E-state index in [2.05, 4.69) is 32.9 Å². The summed E-state index contributed by atoms with van der Waals surface area (Å²) < 4.78 is 5.31. The van der Waals surface area contributed by atoms with Gasteiger partial charge in [-0.15, -0.1) is 11.3 Å². The first-order valence-electron chi connectivity index (χ1n) is 9.52. The molecule has 1 saturated carbocycles. The van der Waals surface area contributed by atoms with Crippen LogP contribution in [0.4, 0.5) is 0 Å². The van der Waals surface area contributed by atoms with Crippen LogP contribution in [-0.4, -0.2) is 44.8 Å². The maximum absolute atomic E-state index is 5.31. The minimum Gasteiger partial charge on any atom is -0.385 e. The average molecular weight is 367 g/mol. The lowest BCUT2D eigenvalue weighted by Gasteiger charge is -2.30. The van der Waals surface area contributed by atoms with Crippen molar-refractivity contribution in [2.45, 2.75) is 58.3 Å². The highest BCUT2D eigenvalue weighted by molar-refractivity contribution is 7.09. The number of thiazole rings is 1. The Morgan fingerprint density at radius 2 is 2.12 bits per heavy atom. The molecule has 142 valence electrons. The van der Waals surface area contributed by atoms with Crippen LogP contribution in [-0.2, 0) is 11.2 Å². The average Bonchev–Trinajstić information content (AvgIpc) is 3.25. The second-order valence-corrected chi connectivity index (χ2v) is 8.08. The van der Waals surface area contributed by atoms with Gasteiger partial charge in [-0.2, -0.15) is 0 Å². The van der Waals surface area contributed by atoms with Crippen LogP contribution in [0.15, 0.2) is 10.4 Å². The molecule has 1 fully saturated rings. The zero-order chi connectivity index (χ0) is 18.0. The number of aliphatic imine (C=N–C) groups is 1. The SMILES string of the molecule is CN=C(NCCCCc1nc(C)cs1)NCC1(CCOC)CCCC1. The molecule has 1 aliphatic carbocycles. The van der Waals surface area contributed by atoms with Crippen LogP contribution in [0.5, 0.6) is 0 Å². The fraction of sp³-hybridized carbons (Fsp3) is 0.789. The number of rotatable bonds is 10. The molecule has 1 heterocycles. The number of unbranched alkanes of at least 4 members (excludes halogenated alkanes) is 1. The summed E-state index contributed by atoms with van der Waals surface area (Å²) in [6.07, 6.45) is 9.79. The molecule has 0 aromatic carbocycles. The predicted molar refractivity (Wildman–Crippen MR) is 107 cm³/mol. The van der Waals surface area contributed by atoms with Gasteiger partial charge in [0, 0.05) is 44.9 Å². The maximum Gasteiger partial charge on any atom is 0.190 e. The van der Waals surface area contributed by atoms with E-state index in [1.165, 1.54) is 30.7 Å². The summed E-state index contributed by atoms with van der Waals surface area (Å²) in [5.41, 5.74) is 1.52. The number of aryl methyl sites for hydroxylation is 2. The summed E-state index contributed by atoms with van der Waals surface area (Å²) >= 11 is 1.77. The minimum absolute atomic E-state index is 0.385. The number of aromatic nitrogens is 1. The van der Waals surface area contributed by atoms with Crippen molar-refractivity contribution in [2.24, 2.45) is 10.4 Å². The fourth-order valence-corrected chi connectivity index (χ4v) is 4.39. The van der Waals surface area contributed by atoms with Gasteiger partial charge in [0.05, 0.1) is 5.01 Å². The Morgan fingerprint density at radius 1 is 1.32 bits per heavy atom. The van der Waals surface area contributed by atoms with Crippen molar-refractivity contribution < 1.29 is 4.74 Å². The molecule has 5 nitrogen and oxygen atoms in total. The van der Waals surface area contributed by atoms with E-state index in [0.717, 1.165) is 57.0 Å². The van der Waals surface area contributed by atoms with Crippen LogP contribution < -0.4 is 10.6 Å². The van der Waals surface area contributed by atoms with Crippen molar-refractivity contribution >= 4 is 17.3 Å². The Labute approximate surface area is 156 Å². The summed E-state index contributed by atoms with van der Waals surface area (Å²) in [6.45, 7) is 4.86. The number of hydrogen-bond donors (Lipinski definition) is 2. The van der Waals surface area contributed by atoms with Gasteiger partial charge in [0.25, 0.3) is 0 Å². The van der Waals surface area contributed by atoms with Crippen LogP contribution in [0.3, 0.4) is 0 Å². The van der Waals surface area contributed by atoms with Gasteiger partial charge >= 0.3 is 0 Å². The summed E-state index contributed by atoms with van der Waals surface area (Å²) in [7, 11) is 3.65. The van der Waals surface area contributed by atoms with E-state index in [4.69, 9.17) is 4.74 Å². The summed E-state index contributed by atoms with van der Waals surface area (Å²) in [5.74, 6) is 0.925. The largest absolute Gasteiger partial charge is 0.385 e. The zero-order valence-corrected chi connectivity index (χ0v) is 16.9. The normalized spacial score (nSPS) is 17.0. The van der Waals surface area contributed by atoms with Crippen LogP contribution in [0.1, 0.15) is 55.6 Å². The van der Waals surface area contributed by atoms with Crippen molar-refractivity contribution in [3.8, 4) is 0 Å². The Hall–Kier alpha value is -1.14. The van der Waals surface area contributed by atoms with Crippen molar-refractivity contribution in [1.29, 1.82) is 0 Å². The van der Waals surface area contributed by atoms with E-state index in [1.54, 1.807) is 18.4 Å². The molecule has 0 aliphatic heterocycles. The number of methoxy groups -OCH3 is 1. The van der Waals surface area contributed by atoms with Gasteiger partial charge in [0.2, 0.25) is 0 Å². The van der Waals surface area contributed by atoms with Gasteiger partial charge in [0.1, 0.15) is 0 Å². The van der Waals surface area contributed by atoms with Crippen LogP contribution >= 0.6 is 11.3 Å².